The van der Waals surface area contributed by atoms with E-state index in [4.69, 9.17) is 0 Å². The third-order valence-electron chi connectivity index (χ3n) is 1.12. The Morgan fingerprint density at radius 1 is 1.25 bits per heavy atom. The van der Waals surface area contributed by atoms with Crippen LogP contribution in [-0.2, 0) is 4.79 Å². The lowest BCUT2D eigenvalue weighted by molar-refractivity contribution is -0.117. The third-order valence-corrected chi connectivity index (χ3v) is 1.12. The first-order valence-corrected chi connectivity index (χ1v) is 4.26. The van der Waals surface area contributed by atoms with Gasteiger partial charge in [-0.1, -0.05) is 19.9 Å². The van der Waals surface area contributed by atoms with Crippen LogP contribution in [0.25, 0.3) is 0 Å². The summed E-state index contributed by atoms with van der Waals surface area (Å²) in [6.45, 7) is 7.98. The molecule has 0 aromatic carbocycles. The molecule has 0 unspecified atom stereocenters. The predicted octanol–water partition coefficient (Wildman–Crippen LogP) is 1.23. The lowest BCUT2D eigenvalue weighted by atomic mass is 10.2. The van der Waals surface area contributed by atoms with Crippen LogP contribution in [0.1, 0.15) is 27.7 Å². The molecule has 0 aromatic rings. The number of nitrogens with one attached hydrogen (secondary N) is 2. The Morgan fingerprint density at radius 2 is 1.83 bits per heavy atom. The van der Waals surface area contributed by atoms with E-state index >= 15 is 0 Å². The zero-order chi connectivity index (χ0) is 9.56. The van der Waals surface area contributed by atoms with Gasteiger partial charge in [0.1, 0.15) is 0 Å². The van der Waals surface area contributed by atoms with E-state index in [1.807, 2.05) is 33.8 Å². The Hall–Kier alpha value is -0.830. The number of carbonyl (C=O) groups is 1. The molecule has 12 heavy (non-hydrogen) atoms. The van der Waals surface area contributed by atoms with E-state index in [0.717, 1.165) is 0 Å². The zero-order valence-corrected chi connectivity index (χ0v) is 8.22. The molecule has 0 aromatic heterocycles. The number of rotatable bonds is 4. The van der Waals surface area contributed by atoms with Crippen molar-refractivity contribution in [3.05, 3.63) is 12.2 Å². The van der Waals surface area contributed by atoms with Crippen molar-refractivity contribution in [2.24, 2.45) is 5.92 Å². The van der Waals surface area contributed by atoms with Crippen LogP contribution in [0.4, 0.5) is 0 Å². The number of allylic oxidation sites excluding steroid dienone is 1. The molecule has 0 atom stereocenters. The van der Waals surface area contributed by atoms with Gasteiger partial charge >= 0.3 is 0 Å². The SMILES string of the molecule is CC(C)C=CC(=O)NNC(C)C. The quantitative estimate of drug-likeness (QED) is 0.492. The average molecular weight is 170 g/mol. The lowest BCUT2D eigenvalue weighted by Crippen LogP contribution is -2.40. The lowest BCUT2D eigenvalue weighted by Gasteiger charge is -2.07. The van der Waals surface area contributed by atoms with E-state index in [1.165, 1.54) is 0 Å². The van der Waals surface area contributed by atoms with Gasteiger partial charge in [0.05, 0.1) is 0 Å². The summed E-state index contributed by atoms with van der Waals surface area (Å²) in [7, 11) is 0. The van der Waals surface area contributed by atoms with E-state index in [1.54, 1.807) is 6.08 Å². The minimum Gasteiger partial charge on any atom is -0.288 e. The van der Waals surface area contributed by atoms with Gasteiger partial charge in [-0.2, -0.15) is 0 Å². The highest BCUT2D eigenvalue weighted by atomic mass is 16.2. The fourth-order valence-electron chi connectivity index (χ4n) is 0.537. The summed E-state index contributed by atoms with van der Waals surface area (Å²) >= 11 is 0. The molecule has 0 saturated carbocycles. The molecule has 1 amide bonds. The summed E-state index contributed by atoms with van der Waals surface area (Å²) in [5.74, 6) is 0.312. The minimum absolute atomic E-state index is 0.0996. The molecular formula is C9H18N2O. The first kappa shape index (κ1) is 11.2. The molecule has 0 aliphatic heterocycles. The summed E-state index contributed by atoms with van der Waals surface area (Å²) in [4.78, 5) is 11.0. The van der Waals surface area contributed by atoms with Gasteiger partial charge in [0.25, 0.3) is 5.91 Å². The van der Waals surface area contributed by atoms with E-state index in [2.05, 4.69) is 10.9 Å². The fourth-order valence-corrected chi connectivity index (χ4v) is 0.537. The van der Waals surface area contributed by atoms with Crippen LogP contribution in [0.5, 0.6) is 0 Å². The highest BCUT2D eigenvalue weighted by Gasteiger charge is 1.95. The zero-order valence-electron chi connectivity index (χ0n) is 8.22. The minimum atomic E-state index is -0.0996. The monoisotopic (exact) mass is 170 g/mol. The van der Waals surface area contributed by atoms with E-state index in [-0.39, 0.29) is 11.9 Å². The van der Waals surface area contributed by atoms with Crippen molar-refractivity contribution in [1.82, 2.24) is 10.9 Å². The molecule has 0 rings (SSSR count). The highest BCUT2D eigenvalue weighted by molar-refractivity contribution is 5.87. The van der Waals surface area contributed by atoms with Crippen molar-refractivity contribution in [2.45, 2.75) is 33.7 Å². The Kier molecular flexibility index (Phi) is 5.37. The molecule has 0 radical (unpaired) electrons. The second-order valence-electron chi connectivity index (χ2n) is 3.39. The average Bonchev–Trinajstić information content (AvgIpc) is 1.96. The topological polar surface area (TPSA) is 41.1 Å². The molecule has 0 fully saturated rings. The second kappa shape index (κ2) is 5.77. The maximum Gasteiger partial charge on any atom is 0.257 e. The van der Waals surface area contributed by atoms with Crippen LogP contribution in [0.2, 0.25) is 0 Å². The number of carbonyl (C=O) groups excluding carboxylic acids is 1. The van der Waals surface area contributed by atoms with E-state index < -0.39 is 0 Å². The summed E-state index contributed by atoms with van der Waals surface area (Å²) < 4.78 is 0. The summed E-state index contributed by atoms with van der Waals surface area (Å²) in [6, 6.07) is 0.265. The normalized spacial score (nSPS) is 11.5. The van der Waals surface area contributed by atoms with Gasteiger partial charge in [-0.05, 0) is 19.8 Å². The van der Waals surface area contributed by atoms with Gasteiger partial charge in [-0.25, -0.2) is 5.43 Å². The standard InChI is InChI=1S/C9H18N2O/c1-7(2)5-6-9(12)11-10-8(3)4/h5-8,10H,1-4H3,(H,11,12). The number of hydrogen-bond donors (Lipinski definition) is 2. The molecule has 3 heteroatoms. The number of hydrogen-bond acceptors (Lipinski definition) is 2. The van der Waals surface area contributed by atoms with Crippen molar-refractivity contribution in [1.29, 1.82) is 0 Å². The molecule has 3 nitrogen and oxygen atoms in total. The first-order chi connectivity index (χ1) is 5.52. The molecule has 0 heterocycles. The van der Waals surface area contributed by atoms with Gasteiger partial charge in [0.2, 0.25) is 0 Å². The third kappa shape index (κ3) is 7.28. The van der Waals surface area contributed by atoms with Crippen molar-refractivity contribution in [2.75, 3.05) is 0 Å². The molecule has 70 valence electrons. The van der Waals surface area contributed by atoms with Gasteiger partial charge in [0, 0.05) is 12.1 Å². The van der Waals surface area contributed by atoms with E-state index in [0.29, 0.717) is 5.92 Å². The summed E-state index contributed by atoms with van der Waals surface area (Å²) in [6.07, 6.45) is 3.40. The number of hydrazine groups is 1. The molecule has 0 saturated heterocycles. The van der Waals surface area contributed by atoms with Gasteiger partial charge in [-0.3, -0.25) is 10.2 Å². The van der Waals surface area contributed by atoms with Gasteiger partial charge in [0.15, 0.2) is 0 Å². The second-order valence-corrected chi connectivity index (χ2v) is 3.39. The van der Waals surface area contributed by atoms with Crippen molar-refractivity contribution < 1.29 is 4.79 Å². The van der Waals surface area contributed by atoms with E-state index in [9.17, 15) is 4.79 Å². The van der Waals surface area contributed by atoms with Crippen LogP contribution < -0.4 is 10.9 Å². The van der Waals surface area contributed by atoms with Crippen LogP contribution in [0.3, 0.4) is 0 Å². The molecule has 0 aliphatic rings. The van der Waals surface area contributed by atoms with Crippen LogP contribution in [0.15, 0.2) is 12.2 Å². The van der Waals surface area contributed by atoms with Crippen molar-refractivity contribution in [3.63, 3.8) is 0 Å². The maximum atomic E-state index is 11.0. The molecule has 2 N–H and O–H groups in total. The summed E-state index contributed by atoms with van der Waals surface area (Å²) in [5, 5.41) is 0. The van der Waals surface area contributed by atoms with Gasteiger partial charge < -0.3 is 0 Å². The van der Waals surface area contributed by atoms with Crippen LogP contribution in [-0.4, -0.2) is 11.9 Å². The predicted molar refractivity (Wildman–Crippen MR) is 50.4 cm³/mol. The molecule has 0 spiro atoms. The Labute approximate surface area is 74.2 Å². The van der Waals surface area contributed by atoms with Crippen LogP contribution >= 0.6 is 0 Å². The Bertz CT molecular complexity index is 162. The number of amides is 1. The van der Waals surface area contributed by atoms with Crippen LogP contribution in [0, 0.1) is 5.92 Å². The Balaban J connectivity index is 3.60. The van der Waals surface area contributed by atoms with Crippen molar-refractivity contribution in [3.8, 4) is 0 Å². The maximum absolute atomic E-state index is 11.0. The smallest absolute Gasteiger partial charge is 0.257 e. The largest absolute Gasteiger partial charge is 0.288 e. The summed E-state index contributed by atoms with van der Waals surface area (Å²) in [5.41, 5.74) is 5.38. The highest BCUT2D eigenvalue weighted by Crippen LogP contribution is 1.91. The van der Waals surface area contributed by atoms with Crippen molar-refractivity contribution >= 4 is 5.91 Å². The molecular weight excluding hydrogens is 152 g/mol. The molecule has 0 aliphatic carbocycles. The van der Waals surface area contributed by atoms with Gasteiger partial charge in [-0.15, -0.1) is 0 Å². The molecule has 0 bridgehead atoms. The first-order valence-electron chi connectivity index (χ1n) is 4.26. The Morgan fingerprint density at radius 3 is 2.25 bits per heavy atom. The fraction of sp³-hybridized carbons (Fsp3) is 0.667.